The van der Waals surface area contributed by atoms with Crippen molar-refractivity contribution in [1.29, 1.82) is 10.5 Å². The quantitative estimate of drug-likeness (QED) is 0.269. The van der Waals surface area contributed by atoms with E-state index in [-0.39, 0.29) is 0 Å². The molecule has 8 nitrogen and oxygen atoms in total. The van der Waals surface area contributed by atoms with Gasteiger partial charge in [0.1, 0.15) is 6.07 Å². The van der Waals surface area contributed by atoms with Crippen molar-refractivity contribution >= 4 is 17.6 Å². The number of oxime groups is 1. The van der Waals surface area contributed by atoms with Gasteiger partial charge in [0, 0.05) is 13.0 Å². The Morgan fingerprint density at radius 1 is 1.22 bits per heavy atom. The molecule has 0 aliphatic rings. The minimum Gasteiger partial charge on any atom is -0.410 e. The first-order valence-corrected chi connectivity index (χ1v) is 5.24. The zero-order chi connectivity index (χ0) is 13.8. The fraction of sp³-hybridized carbons (Fsp3) is 0.500. The van der Waals surface area contributed by atoms with Crippen molar-refractivity contribution in [3.05, 3.63) is 0 Å². The average molecular weight is 251 g/mol. The van der Waals surface area contributed by atoms with Gasteiger partial charge in [0.25, 0.3) is 5.91 Å². The Hall–Kier alpha value is -2.61. The maximum absolute atomic E-state index is 11.1. The van der Waals surface area contributed by atoms with Crippen molar-refractivity contribution in [1.82, 2.24) is 10.6 Å². The molecule has 0 fully saturated rings. The molecule has 0 aromatic rings. The van der Waals surface area contributed by atoms with E-state index in [1.807, 2.05) is 11.4 Å². The van der Waals surface area contributed by atoms with Gasteiger partial charge >= 0.3 is 6.03 Å². The molecule has 18 heavy (non-hydrogen) atoms. The molecule has 0 atom stereocenters. The van der Waals surface area contributed by atoms with Crippen molar-refractivity contribution in [2.45, 2.75) is 25.7 Å². The molecule has 0 aliphatic heterocycles. The Bertz CT molecular complexity index is 405. The molecule has 0 heterocycles. The van der Waals surface area contributed by atoms with E-state index in [0.29, 0.717) is 19.4 Å². The van der Waals surface area contributed by atoms with Crippen LogP contribution in [0.3, 0.4) is 0 Å². The molecule has 8 heteroatoms. The molecule has 0 bridgehead atoms. The number of carbonyl (C=O) groups excluding carboxylic acids is 2. The fourth-order valence-electron chi connectivity index (χ4n) is 1.03. The normalized spacial score (nSPS) is 10.0. The highest BCUT2D eigenvalue weighted by Gasteiger charge is 2.14. The lowest BCUT2D eigenvalue weighted by Gasteiger charge is -2.04. The highest BCUT2D eigenvalue weighted by Crippen LogP contribution is 1.96. The number of hydrogen-bond donors (Lipinski definition) is 3. The minimum absolute atomic E-state index is 0.350. The summed E-state index contributed by atoms with van der Waals surface area (Å²) in [5.74, 6) is -1.07. The third-order valence-electron chi connectivity index (χ3n) is 1.90. The van der Waals surface area contributed by atoms with E-state index in [4.69, 9.17) is 15.7 Å². The Kier molecular flexibility index (Phi) is 8.21. The van der Waals surface area contributed by atoms with Crippen LogP contribution in [0, 0.1) is 22.7 Å². The summed E-state index contributed by atoms with van der Waals surface area (Å²) in [6.07, 6.45) is 2.71. The summed E-state index contributed by atoms with van der Waals surface area (Å²) in [5.41, 5.74) is -0.792. The Labute approximate surface area is 104 Å². The van der Waals surface area contributed by atoms with Gasteiger partial charge in [-0.25, -0.2) is 4.79 Å². The standard InChI is InChI=1S/C10H13N5O3/c11-5-3-1-2-4-6-13-10(17)14-9(16)8(7-12)15-18/h18H,1-4,6H2,(H2,13,14,16,17)/b15-8-. The molecule has 0 aliphatic carbocycles. The summed E-state index contributed by atoms with van der Waals surface area (Å²) >= 11 is 0. The largest absolute Gasteiger partial charge is 0.410 e. The third kappa shape index (κ3) is 6.80. The van der Waals surface area contributed by atoms with Gasteiger partial charge in [0.2, 0.25) is 5.71 Å². The monoisotopic (exact) mass is 251 g/mol. The first-order chi connectivity index (χ1) is 8.65. The van der Waals surface area contributed by atoms with E-state index < -0.39 is 17.6 Å². The van der Waals surface area contributed by atoms with Crippen LogP contribution in [0.5, 0.6) is 0 Å². The average Bonchev–Trinajstić information content (AvgIpc) is 2.35. The maximum Gasteiger partial charge on any atom is 0.321 e. The van der Waals surface area contributed by atoms with E-state index in [9.17, 15) is 9.59 Å². The summed E-state index contributed by atoms with van der Waals surface area (Å²) in [6, 6.07) is 2.56. The van der Waals surface area contributed by atoms with Crippen molar-refractivity contribution in [2.24, 2.45) is 5.16 Å². The molecular weight excluding hydrogens is 238 g/mol. The zero-order valence-corrected chi connectivity index (χ0v) is 9.64. The predicted octanol–water partition coefficient (Wildman–Crippen LogP) is 0.250. The van der Waals surface area contributed by atoms with E-state index in [1.54, 1.807) is 0 Å². The number of nitrogens with zero attached hydrogens (tertiary/aromatic N) is 3. The second kappa shape index (κ2) is 9.60. The summed E-state index contributed by atoms with van der Waals surface area (Å²) < 4.78 is 0. The van der Waals surface area contributed by atoms with Gasteiger partial charge in [-0.15, -0.1) is 0 Å². The second-order valence-electron chi connectivity index (χ2n) is 3.24. The summed E-state index contributed by atoms with van der Waals surface area (Å²) in [4.78, 5) is 22.2. The smallest absolute Gasteiger partial charge is 0.321 e. The molecular formula is C10H13N5O3. The first-order valence-electron chi connectivity index (χ1n) is 5.24. The topological polar surface area (TPSA) is 138 Å². The highest BCUT2D eigenvalue weighted by molar-refractivity contribution is 6.46. The number of urea groups is 1. The zero-order valence-electron chi connectivity index (χ0n) is 9.64. The van der Waals surface area contributed by atoms with Crippen LogP contribution in [-0.2, 0) is 4.79 Å². The van der Waals surface area contributed by atoms with Gasteiger partial charge < -0.3 is 10.5 Å². The molecule has 0 radical (unpaired) electrons. The van der Waals surface area contributed by atoms with Gasteiger partial charge in [0.05, 0.1) is 6.07 Å². The molecule has 0 unspecified atom stereocenters. The third-order valence-corrected chi connectivity index (χ3v) is 1.90. The van der Waals surface area contributed by atoms with Gasteiger partial charge in [-0.2, -0.15) is 10.5 Å². The predicted molar refractivity (Wildman–Crippen MR) is 60.5 cm³/mol. The van der Waals surface area contributed by atoms with E-state index in [1.165, 1.54) is 6.07 Å². The van der Waals surface area contributed by atoms with Crippen LogP contribution in [-0.4, -0.2) is 29.4 Å². The molecule has 0 spiro atoms. The minimum atomic E-state index is -1.07. The maximum atomic E-state index is 11.1. The second-order valence-corrected chi connectivity index (χ2v) is 3.24. The molecule has 0 rings (SSSR count). The summed E-state index contributed by atoms with van der Waals surface area (Å²) in [5, 5.41) is 31.5. The van der Waals surface area contributed by atoms with Crippen LogP contribution < -0.4 is 10.6 Å². The molecule has 0 aromatic carbocycles. The number of nitriles is 2. The first kappa shape index (κ1) is 15.4. The molecule has 96 valence electrons. The van der Waals surface area contributed by atoms with Gasteiger partial charge in [-0.1, -0.05) is 11.6 Å². The number of amides is 3. The Balaban J connectivity index is 3.77. The SMILES string of the molecule is N#CCCCCCNC(=O)NC(=O)/C(C#N)=N\O. The van der Waals surface area contributed by atoms with Gasteiger partial charge in [-0.3, -0.25) is 10.1 Å². The van der Waals surface area contributed by atoms with Crippen molar-refractivity contribution in [3.63, 3.8) is 0 Å². The summed E-state index contributed by atoms with van der Waals surface area (Å²) in [7, 11) is 0. The number of nitrogens with one attached hydrogen (secondary N) is 2. The lowest BCUT2D eigenvalue weighted by Crippen LogP contribution is -2.42. The molecule has 0 saturated heterocycles. The highest BCUT2D eigenvalue weighted by atomic mass is 16.4. The number of unbranched alkanes of at least 4 members (excludes halogenated alkanes) is 3. The van der Waals surface area contributed by atoms with Crippen molar-refractivity contribution in [2.75, 3.05) is 6.54 Å². The molecule has 3 N–H and O–H groups in total. The Morgan fingerprint density at radius 3 is 2.50 bits per heavy atom. The Morgan fingerprint density at radius 2 is 1.94 bits per heavy atom. The van der Waals surface area contributed by atoms with Crippen molar-refractivity contribution < 1.29 is 14.8 Å². The van der Waals surface area contributed by atoms with Crippen LogP contribution in [0.2, 0.25) is 0 Å². The van der Waals surface area contributed by atoms with Crippen LogP contribution in [0.15, 0.2) is 5.16 Å². The molecule has 0 aromatic heterocycles. The van der Waals surface area contributed by atoms with Crippen molar-refractivity contribution in [3.8, 4) is 12.1 Å². The number of imide groups is 1. The van der Waals surface area contributed by atoms with Crippen LogP contribution in [0.4, 0.5) is 4.79 Å². The van der Waals surface area contributed by atoms with Gasteiger partial charge in [-0.05, 0) is 12.8 Å². The van der Waals surface area contributed by atoms with Crippen LogP contribution in [0.1, 0.15) is 25.7 Å². The number of hydrogen-bond acceptors (Lipinski definition) is 6. The van der Waals surface area contributed by atoms with Crippen LogP contribution >= 0.6 is 0 Å². The molecule has 3 amide bonds. The van der Waals surface area contributed by atoms with E-state index in [2.05, 4.69) is 10.5 Å². The lowest BCUT2D eigenvalue weighted by molar-refractivity contribution is -0.113. The van der Waals surface area contributed by atoms with E-state index >= 15 is 0 Å². The number of carbonyl (C=O) groups is 2. The molecule has 0 saturated carbocycles. The van der Waals surface area contributed by atoms with Gasteiger partial charge in [0.15, 0.2) is 0 Å². The van der Waals surface area contributed by atoms with Crippen LogP contribution in [0.25, 0.3) is 0 Å². The lowest BCUT2D eigenvalue weighted by atomic mass is 10.2. The fourth-order valence-corrected chi connectivity index (χ4v) is 1.03. The number of rotatable bonds is 6. The summed E-state index contributed by atoms with van der Waals surface area (Å²) in [6.45, 7) is 0.350. The van der Waals surface area contributed by atoms with E-state index in [0.717, 1.165) is 12.8 Å².